The highest BCUT2D eigenvalue weighted by Gasteiger charge is 2.44. The van der Waals surface area contributed by atoms with Crippen molar-refractivity contribution in [1.82, 2.24) is 10.2 Å². The molecule has 2 N–H and O–H groups in total. The van der Waals surface area contributed by atoms with Crippen LogP contribution in [0.15, 0.2) is 0 Å². The molecule has 2 amide bonds. The largest absolute Gasteiger partial charge is 0.479 e. The van der Waals surface area contributed by atoms with E-state index in [1.807, 2.05) is 6.92 Å². The maximum atomic E-state index is 12.1. The van der Waals surface area contributed by atoms with Crippen LogP contribution in [0.2, 0.25) is 0 Å². The van der Waals surface area contributed by atoms with Crippen LogP contribution in [-0.2, 0) is 19.1 Å². The van der Waals surface area contributed by atoms with E-state index in [4.69, 9.17) is 4.74 Å². The number of rotatable bonds is 6. The molecule has 1 heterocycles. The second-order valence-electron chi connectivity index (χ2n) is 4.62. The molecule has 0 saturated carbocycles. The highest BCUT2D eigenvalue weighted by Crippen LogP contribution is 2.19. The summed E-state index contributed by atoms with van der Waals surface area (Å²) < 4.78 is 9.58. The van der Waals surface area contributed by atoms with Crippen LogP contribution < -0.4 is 5.32 Å². The van der Waals surface area contributed by atoms with E-state index in [0.717, 1.165) is 0 Å². The third kappa shape index (κ3) is 3.83. The highest BCUT2D eigenvalue weighted by molar-refractivity contribution is 5.88. The lowest BCUT2D eigenvalue weighted by Gasteiger charge is -2.28. The zero-order valence-corrected chi connectivity index (χ0v) is 11.7. The van der Waals surface area contributed by atoms with Gasteiger partial charge < -0.3 is 24.8 Å². The molecule has 1 fully saturated rings. The van der Waals surface area contributed by atoms with E-state index in [2.05, 4.69) is 10.1 Å². The van der Waals surface area contributed by atoms with Crippen molar-refractivity contribution in [2.75, 3.05) is 33.4 Å². The Bertz CT molecular complexity index is 378. The Labute approximate surface area is 117 Å². The first-order valence-corrected chi connectivity index (χ1v) is 6.40. The summed E-state index contributed by atoms with van der Waals surface area (Å²) >= 11 is 0. The number of carboxylic acids is 1. The number of ether oxygens (including phenoxy) is 2. The smallest absolute Gasteiger partial charge is 0.332 e. The van der Waals surface area contributed by atoms with E-state index in [-0.39, 0.29) is 26.2 Å². The molecule has 8 nitrogen and oxygen atoms in total. The molecule has 1 aliphatic heterocycles. The van der Waals surface area contributed by atoms with Gasteiger partial charge in [-0.25, -0.2) is 9.59 Å². The predicted octanol–water partition coefficient (Wildman–Crippen LogP) is -0.175. The van der Waals surface area contributed by atoms with Crippen molar-refractivity contribution >= 4 is 18.0 Å². The molecule has 0 bridgehead atoms. The van der Waals surface area contributed by atoms with Gasteiger partial charge in [-0.15, -0.1) is 0 Å². The number of esters is 1. The summed E-state index contributed by atoms with van der Waals surface area (Å²) in [6.45, 7) is 2.16. The molecule has 0 spiro atoms. The molecular formula is C12H20N2O6. The average molecular weight is 288 g/mol. The minimum atomic E-state index is -1.42. The first-order chi connectivity index (χ1) is 9.45. The predicted molar refractivity (Wildman–Crippen MR) is 68.2 cm³/mol. The first-order valence-electron chi connectivity index (χ1n) is 6.40. The Morgan fingerprint density at radius 1 is 1.45 bits per heavy atom. The van der Waals surface area contributed by atoms with Gasteiger partial charge in [-0.05, 0) is 6.42 Å². The van der Waals surface area contributed by atoms with Crippen LogP contribution in [0.3, 0.4) is 0 Å². The van der Waals surface area contributed by atoms with Crippen molar-refractivity contribution in [2.45, 2.75) is 25.3 Å². The third-order valence-electron chi connectivity index (χ3n) is 3.11. The number of nitrogens with one attached hydrogen (secondary N) is 1. The van der Waals surface area contributed by atoms with Crippen LogP contribution in [0.25, 0.3) is 0 Å². The maximum absolute atomic E-state index is 12.1. The Kier molecular flexibility index (Phi) is 5.75. The van der Waals surface area contributed by atoms with Gasteiger partial charge in [0.05, 0.1) is 13.7 Å². The second kappa shape index (κ2) is 7.09. The highest BCUT2D eigenvalue weighted by atomic mass is 16.5. The molecule has 0 radical (unpaired) electrons. The number of carbonyl (C=O) groups is 3. The summed E-state index contributed by atoms with van der Waals surface area (Å²) in [5, 5.41) is 11.7. The SMILES string of the molecule is CCCN(CC(=O)OC)C(=O)NC1(C(=O)O)CCOC1. The van der Waals surface area contributed by atoms with E-state index >= 15 is 0 Å². The fourth-order valence-corrected chi connectivity index (χ4v) is 1.91. The van der Waals surface area contributed by atoms with Crippen LogP contribution in [-0.4, -0.2) is 66.9 Å². The summed E-state index contributed by atoms with van der Waals surface area (Å²) in [4.78, 5) is 35.9. The quantitative estimate of drug-likeness (QED) is 0.657. The van der Waals surface area contributed by atoms with Gasteiger partial charge in [0.15, 0.2) is 5.54 Å². The van der Waals surface area contributed by atoms with Gasteiger partial charge in [-0.3, -0.25) is 4.79 Å². The maximum Gasteiger partial charge on any atom is 0.332 e. The zero-order valence-electron chi connectivity index (χ0n) is 11.7. The summed E-state index contributed by atoms with van der Waals surface area (Å²) in [7, 11) is 1.23. The van der Waals surface area contributed by atoms with E-state index in [1.54, 1.807) is 0 Å². The number of hydrogen-bond acceptors (Lipinski definition) is 5. The van der Waals surface area contributed by atoms with Crippen molar-refractivity contribution in [1.29, 1.82) is 0 Å². The molecule has 1 aliphatic rings. The Morgan fingerprint density at radius 2 is 2.15 bits per heavy atom. The Hall–Kier alpha value is -1.83. The van der Waals surface area contributed by atoms with Crippen molar-refractivity contribution in [3.8, 4) is 0 Å². The minimum absolute atomic E-state index is 0.0771. The minimum Gasteiger partial charge on any atom is -0.479 e. The monoisotopic (exact) mass is 288 g/mol. The van der Waals surface area contributed by atoms with Gasteiger partial charge >= 0.3 is 18.0 Å². The van der Waals surface area contributed by atoms with Gasteiger partial charge in [0.25, 0.3) is 0 Å². The lowest BCUT2D eigenvalue weighted by Crippen LogP contribution is -2.59. The van der Waals surface area contributed by atoms with E-state index < -0.39 is 23.5 Å². The first kappa shape index (κ1) is 16.2. The van der Waals surface area contributed by atoms with Crippen molar-refractivity contribution in [3.63, 3.8) is 0 Å². The third-order valence-corrected chi connectivity index (χ3v) is 3.11. The summed E-state index contributed by atoms with van der Waals surface area (Å²) in [5.74, 6) is -1.70. The number of carboxylic acid groups (broad SMARTS) is 1. The molecule has 1 saturated heterocycles. The number of urea groups is 1. The van der Waals surface area contributed by atoms with Crippen LogP contribution in [0, 0.1) is 0 Å². The van der Waals surface area contributed by atoms with Crippen molar-refractivity contribution < 1.29 is 29.0 Å². The van der Waals surface area contributed by atoms with Gasteiger partial charge in [0.2, 0.25) is 0 Å². The lowest BCUT2D eigenvalue weighted by molar-refractivity contribution is -0.144. The number of nitrogens with zero attached hydrogens (tertiary/aromatic N) is 1. The molecule has 1 atom stereocenters. The molecule has 1 unspecified atom stereocenters. The van der Waals surface area contributed by atoms with E-state index in [1.165, 1.54) is 12.0 Å². The Morgan fingerprint density at radius 3 is 2.60 bits per heavy atom. The molecule has 1 rings (SSSR count). The summed E-state index contributed by atoms with van der Waals surface area (Å²) in [6.07, 6.45) is 0.841. The fraction of sp³-hybridized carbons (Fsp3) is 0.750. The number of hydrogen-bond donors (Lipinski definition) is 2. The van der Waals surface area contributed by atoms with Crippen molar-refractivity contribution in [3.05, 3.63) is 0 Å². The Balaban J connectivity index is 2.73. The van der Waals surface area contributed by atoms with Crippen LogP contribution in [0.5, 0.6) is 0 Å². The van der Waals surface area contributed by atoms with Gasteiger partial charge in [-0.1, -0.05) is 6.92 Å². The fourth-order valence-electron chi connectivity index (χ4n) is 1.91. The number of methoxy groups -OCH3 is 1. The molecule has 20 heavy (non-hydrogen) atoms. The number of aliphatic carboxylic acids is 1. The molecule has 8 heteroatoms. The molecule has 0 aromatic heterocycles. The number of carbonyl (C=O) groups excluding carboxylic acids is 2. The molecule has 0 aromatic rings. The van der Waals surface area contributed by atoms with E-state index in [9.17, 15) is 19.5 Å². The standard InChI is InChI=1S/C12H20N2O6/c1-3-5-14(7-9(15)19-2)11(18)13-12(10(16)17)4-6-20-8-12/h3-8H2,1-2H3,(H,13,18)(H,16,17). The lowest BCUT2D eigenvalue weighted by atomic mass is 9.99. The topological polar surface area (TPSA) is 105 Å². The van der Waals surface area contributed by atoms with E-state index in [0.29, 0.717) is 13.0 Å². The average Bonchev–Trinajstić information content (AvgIpc) is 2.87. The van der Waals surface area contributed by atoms with Crippen molar-refractivity contribution in [2.24, 2.45) is 0 Å². The molecule has 114 valence electrons. The molecule has 0 aromatic carbocycles. The second-order valence-corrected chi connectivity index (χ2v) is 4.62. The molecule has 0 aliphatic carbocycles. The zero-order chi connectivity index (χ0) is 15.2. The van der Waals surface area contributed by atoms with Crippen LogP contribution in [0.1, 0.15) is 19.8 Å². The summed E-state index contributed by atoms with van der Waals surface area (Å²) in [6, 6.07) is -0.606. The van der Waals surface area contributed by atoms with Crippen LogP contribution >= 0.6 is 0 Å². The van der Waals surface area contributed by atoms with Gasteiger partial charge in [-0.2, -0.15) is 0 Å². The summed E-state index contributed by atoms with van der Waals surface area (Å²) in [5.41, 5.74) is -1.42. The normalized spacial score (nSPS) is 21.3. The van der Waals surface area contributed by atoms with Gasteiger partial charge in [0, 0.05) is 19.6 Å². The van der Waals surface area contributed by atoms with Gasteiger partial charge in [0.1, 0.15) is 6.54 Å². The van der Waals surface area contributed by atoms with Crippen LogP contribution in [0.4, 0.5) is 4.79 Å². The molecular weight excluding hydrogens is 268 g/mol. The number of amides is 2.